The molecular formula is C14H11FN2O3S. The van der Waals surface area contributed by atoms with E-state index in [2.05, 4.69) is 10.3 Å². The van der Waals surface area contributed by atoms with Crippen LogP contribution in [0, 0.1) is 12.7 Å². The summed E-state index contributed by atoms with van der Waals surface area (Å²) in [5, 5.41) is 14.0. The summed E-state index contributed by atoms with van der Waals surface area (Å²) >= 11 is 1.45. The Morgan fingerprint density at radius 1 is 1.43 bits per heavy atom. The van der Waals surface area contributed by atoms with Crippen molar-refractivity contribution < 1.29 is 19.1 Å². The predicted molar refractivity (Wildman–Crippen MR) is 77.9 cm³/mol. The van der Waals surface area contributed by atoms with Crippen LogP contribution in [0.4, 0.5) is 10.1 Å². The quantitative estimate of drug-likeness (QED) is 0.851. The number of anilines is 1. The summed E-state index contributed by atoms with van der Waals surface area (Å²) in [6, 6.07) is 3.08. The maximum absolute atomic E-state index is 13.1. The lowest BCUT2D eigenvalue weighted by Gasteiger charge is -2.06. The molecule has 0 aliphatic rings. The predicted octanol–water partition coefficient (Wildman–Crippen LogP) is 2.94. The van der Waals surface area contributed by atoms with Crippen molar-refractivity contribution in [2.75, 3.05) is 5.32 Å². The highest BCUT2D eigenvalue weighted by Gasteiger charge is 2.12. The van der Waals surface area contributed by atoms with E-state index in [0.717, 1.165) is 23.2 Å². The van der Waals surface area contributed by atoms with Crippen molar-refractivity contribution in [2.24, 2.45) is 0 Å². The molecule has 2 N–H and O–H groups in total. The number of aryl methyl sites for hydroxylation is 1. The van der Waals surface area contributed by atoms with Crippen LogP contribution in [0.5, 0.6) is 0 Å². The summed E-state index contributed by atoms with van der Waals surface area (Å²) in [6.45, 7) is 1.84. The second-order valence-corrected chi connectivity index (χ2v) is 5.17. The lowest BCUT2D eigenvalue weighted by atomic mass is 10.1. The van der Waals surface area contributed by atoms with Gasteiger partial charge in [-0.3, -0.25) is 4.79 Å². The number of hydrogen-bond donors (Lipinski definition) is 2. The van der Waals surface area contributed by atoms with Gasteiger partial charge in [0.2, 0.25) is 5.91 Å². The number of aromatic carboxylic acids is 1. The molecule has 0 aliphatic heterocycles. The summed E-state index contributed by atoms with van der Waals surface area (Å²) < 4.78 is 13.1. The van der Waals surface area contributed by atoms with Crippen molar-refractivity contribution in [3.63, 3.8) is 0 Å². The van der Waals surface area contributed by atoms with Gasteiger partial charge >= 0.3 is 5.97 Å². The third-order valence-corrected chi connectivity index (χ3v) is 3.30. The van der Waals surface area contributed by atoms with Gasteiger partial charge in [0.05, 0.1) is 22.0 Å². The van der Waals surface area contributed by atoms with Crippen LogP contribution in [0.15, 0.2) is 29.7 Å². The molecule has 0 saturated carbocycles. The Hall–Kier alpha value is -2.54. The van der Waals surface area contributed by atoms with E-state index in [1.807, 2.05) is 6.92 Å². The number of carbonyl (C=O) groups is 2. The fourth-order valence-corrected chi connectivity index (χ4v) is 2.18. The standard InChI is InChI=1S/C14H11FN2O3S/c1-8-16-10(7-21-8)3-5-13(18)17-12-6-9(15)2-4-11(12)14(19)20/h2-7H,1H3,(H,17,18)(H,19,20)/b5-3+. The van der Waals surface area contributed by atoms with E-state index in [9.17, 15) is 14.0 Å². The molecule has 0 aliphatic carbocycles. The van der Waals surface area contributed by atoms with E-state index in [1.165, 1.54) is 23.5 Å². The third kappa shape index (κ3) is 3.96. The minimum atomic E-state index is -1.25. The zero-order valence-electron chi connectivity index (χ0n) is 11.0. The number of carboxylic acids is 1. The van der Waals surface area contributed by atoms with Crippen molar-refractivity contribution in [1.29, 1.82) is 0 Å². The van der Waals surface area contributed by atoms with Gasteiger partial charge in [-0.2, -0.15) is 0 Å². The molecule has 0 radical (unpaired) electrons. The van der Waals surface area contributed by atoms with Crippen molar-refractivity contribution in [3.8, 4) is 0 Å². The Morgan fingerprint density at radius 2 is 2.19 bits per heavy atom. The van der Waals surface area contributed by atoms with E-state index in [4.69, 9.17) is 5.11 Å². The molecule has 0 saturated heterocycles. The highest BCUT2D eigenvalue weighted by Crippen LogP contribution is 2.17. The molecule has 7 heteroatoms. The summed E-state index contributed by atoms with van der Waals surface area (Å²) in [5.74, 6) is -2.44. The smallest absolute Gasteiger partial charge is 0.337 e. The molecule has 1 amide bonds. The number of aromatic nitrogens is 1. The molecular weight excluding hydrogens is 295 g/mol. The van der Waals surface area contributed by atoms with Gasteiger partial charge in [-0.1, -0.05) is 0 Å². The molecule has 1 heterocycles. The number of carboxylic acid groups (broad SMARTS) is 1. The van der Waals surface area contributed by atoms with E-state index in [1.54, 1.807) is 5.38 Å². The Kier molecular flexibility index (Phi) is 4.44. The average molecular weight is 306 g/mol. The van der Waals surface area contributed by atoms with Crippen LogP contribution in [0.3, 0.4) is 0 Å². The molecule has 0 spiro atoms. The number of nitrogens with one attached hydrogen (secondary N) is 1. The second kappa shape index (κ2) is 6.27. The average Bonchev–Trinajstić information content (AvgIpc) is 2.82. The largest absolute Gasteiger partial charge is 0.478 e. The molecule has 0 fully saturated rings. The van der Waals surface area contributed by atoms with Crippen molar-refractivity contribution in [3.05, 3.63) is 51.7 Å². The minimum Gasteiger partial charge on any atom is -0.478 e. The number of amides is 1. The van der Waals surface area contributed by atoms with E-state index in [-0.39, 0.29) is 11.3 Å². The number of benzene rings is 1. The molecule has 1 aromatic carbocycles. The molecule has 5 nitrogen and oxygen atoms in total. The topological polar surface area (TPSA) is 79.3 Å². The summed E-state index contributed by atoms with van der Waals surface area (Å²) in [4.78, 5) is 26.9. The van der Waals surface area contributed by atoms with Gasteiger partial charge < -0.3 is 10.4 Å². The van der Waals surface area contributed by atoms with Gasteiger partial charge in [-0.05, 0) is 31.2 Å². The molecule has 0 unspecified atom stereocenters. The zero-order chi connectivity index (χ0) is 15.4. The molecule has 108 valence electrons. The Bertz CT molecular complexity index is 725. The summed E-state index contributed by atoms with van der Waals surface area (Å²) in [5.41, 5.74) is 0.361. The van der Waals surface area contributed by atoms with Crippen molar-refractivity contribution in [1.82, 2.24) is 4.98 Å². The number of thiazole rings is 1. The van der Waals surface area contributed by atoms with Crippen LogP contribution in [0.1, 0.15) is 21.1 Å². The minimum absolute atomic E-state index is 0.0911. The monoisotopic (exact) mass is 306 g/mol. The summed E-state index contributed by atoms with van der Waals surface area (Å²) in [7, 11) is 0. The van der Waals surface area contributed by atoms with Gasteiger partial charge in [0.1, 0.15) is 5.82 Å². The normalized spacial score (nSPS) is 10.8. The van der Waals surface area contributed by atoms with Crippen molar-refractivity contribution >= 4 is 35.0 Å². The van der Waals surface area contributed by atoms with Gasteiger partial charge in [0.15, 0.2) is 0 Å². The molecule has 21 heavy (non-hydrogen) atoms. The van der Waals surface area contributed by atoms with Crippen LogP contribution < -0.4 is 5.32 Å². The number of rotatable bonds is 4. The van der Waals surface area contributed by atoms with Gasteiger partial charge in [-0.25, -0.2) is 14.2 Å². The van der Waals surface area contributed by atoms with Crippen LogP contribution in [-0.4, -0.2) is 22.0 Å². The maximum atomic E-state index is 13.1. The second-order valence-electron chi connectivity index (χ2n) is 4.11. The SMILES string of the molecule is Cc1nc(/C=C/C(=O)Nc2cc(F)ccc2C(=O)O)cs1. The van der Waals surface area contributed by atoms with Gasteiger partial charge in [-0.15, -0.1) is 11.3 Å². The van der Waals surface area contributed by atoms with Crippen LogP contribution in [0.25, 0.3) is 6.08 Å². The lowest BCUT2D eigenvalue weighted by molar-refractivity contribution is -0.111. The number of carbonyl (C=O) groups excluding carboxylic acids is 1. The van der Waals surface area contributed by atoms with E-state index >= 15 is 0 Å². The highest BCUT2D eigenvalue weighted by atomic mass is 32.1. The van der Waals surface area contributed by atoms with Crippen molar-refractivity contribution in [2.45, 2.75) is 6.92 Å². The molecule has 2 aromatic rings. The van der Waals surface area contributed by atoms with Crippen LogP contribution in [-0.2, 0) is 4.79 Å². The Balaban J connectivity index is 2.14. The Morgan fingerprint density at radius 3 is 2.81 bits per heavy atom. The molecule has 1 aromatic heterocycles. The first-order valence-electron chi connectivity index (χ1n) is 5.90. The maximum Gasteiger partial charge on any atom is 0.337 e. The molecule has 0 bridgehead atoms. The number of nitrogens with zero attached hydrogens (tertiary/aromatic N) is 1. The fourth-order valence-electron chi connectivity index (χ4n) is 1.60. The Labute approximate surface area is 123 Å². The highest BCUT2D eigenvalue weighted by molar-refractivity contribution is 7.09. The van der Waals surface area contributed by atoms with Gasteiger partial charge in [0, 0.05) is 11.5 Å². The first-order valence-corrected chi connectivity index (χ1v) is 6.77. The first kappa shape index (κ1) is 14.9. The first-order chi connectivity index (χ1) is 9.95. The summed E-state index contributed by atoms with van der Waals surface area (Å²) in [6.07, 6.45) is 2.71. The van der Waals surface area contributed by atoms with E-state index in [0.29, 0.717) is 5.69 Å². The number of hydrogen-bond acceptors (Lipinski definition) is 4. The van der Waals surface area contributed by atoms with Gasteiger partial charge in [0.25, 0.3) is 0 Å². The number of halogens is 1. The molecule has 0 atom stereocenters. The molecule has 2 rings (SSSR count). The zero-order valence-corrected chi connectivity index (χ0v) is 11.8. The van der Waals surface area contributed by atoms with Crippen LogP contribution >= 0.6 is 11.3 Å². The van der Waals surface area contributed by atoms with E-state index < -0.39 is 17.7 Å². The lowest BCUT2D eigenvalue weighted by Crippen LogP contribution is -2.12. The third-order valence-electron chi connectivity index (χ3n) is 2.51. The van der Waals surface area contributed by atoms with Crippen LogP contribution in [0.2, 0.25) is 0 Å². The fraction of sp³-hybridized carbons (Fsp3) is 0.0714.